The Hall–Kier alpha value is -1.55. The van der Waals surface area contributed by atoms with Crippen LogP contribution in [0.3, 0.4) is 0 Å². The molecule has 0 saturated carbocycles. The van der Waals surface area contributed by atoms with E-state index in [1.807, 2.05) is 29.2 Å². The lowest BCUT2D eigenvalue weighted by Crippen LogP contribution is -2.45. The predicted molar refractivity (Wildman–Crippen MR) is 92.8 cm³/mol. The maximum absolute atomic E-state index is 12.7. The van der Waals surface area contributed by atoms with E-state index in [2.05, 4.69) is 12.2 Å². The van der Waals surface area contributed by atoms with Crippen LogP contribution >= 0.6 is 0 Å². The molecular weight excluding hydrogens is 288 g/mol. The van der Waals surface area contributed by atoms with E-state index in [0.29, 0.717) is 5.41 Å². The third kappa shape index (κ3) is 3.86. The number of likely N-dealkylation sites (tertiary alicyclic amines) is 1. The average molecular weight is 316 g/mol. The molecule has 0 aromatic heterocycles. The van der Waals surface area contributed by atoms with Crippen LogP contribution in [0.2, 0.25) is 0 Å². The minimum absolute atomic E-state index is 0.175. The zero-order valence-corrected chi connectivity index (χ0v) is 14.1. The highest BCUT2D eigenvalue weighted by Gasteiger charge is 2.37. The number of nitrogens with one attached hydrogen (secondary N) is 1. The van der Waals surface area contributed by atoms with Crippen LogP contribution in [0.25, 0.3) is 0 Å². The Labute approximate surface area is 139 Å². The summed E-state index contributed by atoms with van der Waals surface area (Å²) < 4.78 is 5.49. The van der Waals surface area contributed by atoms with Gasteiger partial charge >= 0.3 is 0 Å². The fraction of sp³-hybridized carbons (Fsp3) is 0.632. The molecule has 2 heterocycles. The number of carbonyl (C=O) groups is 1. The highest BCUT2D eigenvalue weighted by atomic mass is 16.5. The van der Waals surface area contributed by atoms with Gasteiger partial charge in [-0.25, -0.2) is 0 Å². The van der Waals surface area contributed by atoms with Crippen molar-refractivity contribution in [2.45, 2.75) is 39.0 Å². The van der Waals surface area contributed by atoms with E-state index >= 15 is 0 Å². The van der Waals surface area contributed by atoms with Crippen LogP contribution in [0.15, 0.2) is 24.3 Å². The van der Waals surface area contributed by atoms with Crippen LogP contribution in [0.5, 0.6) is 0 Å². The highest BCUT2D eigenvalue weighted by Crippen LogP contribution is 2.40. The van der Waals surface area contributed by atoms with Gasteiger partial charge in [0.05, 0.1) is 0 Å². The lowest BCUT2D eigenvalue weighted by molar-refractivity contribution is -0.0175. The SMILES string of the molecule is CCCNc1ccc(C(=O)N2CCC3(CCOCC3)CC2)cc1. The van der Waals surface area contributed by atoms with Crippen LogP contribution < -0.4 is 5.32 Å². The summed E-state index contributed by atoms with van der Waals surface area (Å²) in [7, 11) is 0. The topological polar surface area (TPSA) is 41.6 Å². The van der Waals surface area contributed by atoms with Crippen LogP contribution in [-0.4, -0.2) is 43.7 Å². The molecule has 3 rings (SSSR count). The van der Waals surface area contributed by atoms with E-state index in [4.69, 9.17) is 4.74 Å². The zero-order chi connectivity index (χ0) is 16.1. The summed E-state index contributed by atoms with van der Waals surface area (Å²) >= 11 is 0. The van der Waals surface area contributed by atoms with E-state index in [9.17, 15) is 4.79 Å². The van der Waals surface area contributed by atoms with E-state index < -0.39 is 0 Å². The Morgan fingerprint density at radius 2 is 1.78 bits per heavy atom. The van der Waals surface area contributed by atoms with Crippen molar-refractivity contribution in [3.63, 3.8) is 0 Å². The van der Waals surface area contributed by atoms with E-state index in [1.54, 1.807) is 0 Å². The number of carbonyl (C=O) groups excluding carboxylic acids is 1. The first kappa shape index (κ1) is 16.3. The number of piperidine rings is 1. The molecule has 2 saturated heterocycles. The first-order chi connectivity index (χ1) is 11.2. The molecule has 0 atom stereocenters. The minimum atomic E-state index is 0.175. The molecule has 4 heteroatoms. The Bertz CT molecular complexity index is 511. The number of anilines is 1. The van der Waals surface area contributed by atoms with Crippen molar-refractivity contribution < 1.29 is 9.53 Å². The minimum Gasteiger partial charge on any atom is -0.385 e. The van der Waals surface area contributed by atoms with Crippen LogP contribution in [0.1, 0.15) is 49.4 Å². The maximum Gasteiger partial charge on any atom is 0.253 e. The summed E-state index contributed by atoms with van der Waals surface area (Å²) in [6.45, 7) is 6.65. The van der Waals surface area contributed by atoms with Gasteiger partial charge in [0, 0.05) is 44.1 Å². The smallest absolute Gasteiger partial charge is 0.253 e. The number of hydrogen-bond acceptors (Lipinski definition) is 3. The number of nitrogens with zero attached hydrogens (tertiary/aromatic N) is 1. The molecule has 0 unspecified atom stereocenters. The standard InChI is InChI=1S/C19H28N2O2/c1-2-11-20-17-5-3-16(4-6-17)18(22)21-12-7-19(8-13-21)9-14-23-15-10-19/h3-6,20H,2,7-15H2,1H3. The van der Waals surface area contributed by atoms with Gasteiger partial charge < -0.3 is 15.0 Å². The van der Waals surface area contributed by atoms with Crippen LogP contribution in [0.4, 0.5) is 5.69 Å². The Kier molecular flexibility index (Phi) is 5.21. The molecule has 0 radical (unpaired) electrons. The molecule has 1 amide bonds. The molecule has 2 aliphatic heterocycles. The fourth-order valence-electron chi connectivity index (χ4n) is 3.67. The van der Waals surface area contributed by atoms with Crippen molar-refractivity contribution in [2.24, 2.45) is 5.41 Å². The van der Waals surface area contributed by atoms with Crippen molar-refractivity contribution >= 4 is 11.6 Å². The van der Waals surface area contributed by atoms with Gasteiger partial charge in [0.25, 0.3) is 5.91 Å². The quantitative estimate of drug-likeness (QED) is 0.924. The zero-order valence-electron chi connectivity index (χ0n) is 14.1. The summed E-state index contributed by atoms with van der Waals surface area (Å²) in [5, 5.41) is 3.34. The molecule has 23 heavy (non-hydrogen) atoms. The number of rotatable bonds is 4. The normalized spacial score (nSPS) is 20.5. The monoisotopic (exact) mass is 316 g/mol. The largest absolute Gasteiger partial charge is 0.385 e. The second-order valence-electron chi connectivity index (χ2n) is 6.91. The Morgan fingerprint density at radius 1 is 1.13 bits per heavy atom. The van der Waals surface area contributed by atoms with Gasteiger partial charge in [-0.15, -0.1) is 0 Å². The van der Waals surface area contributed by atoms with Crippen molar-refractivity contribution in [3.8, 4) is 0 Å². The number of benzene rings is 1. The first-order valence-electron chi connectivity index (χ1n) is 8.93. The van der Waals surface area contributed by atoms with Gasteiger partial charge in [-0.3, -0.25) is 4.79 Å². The van der Waals surface area contributed by atoms with E-state index in [1.165, 1.54) is 0 Å². The van der Waals surface area contributed by atoms with Crippen LogP contribution in [-0.2, 0) is 4.74 Å². The third-order valence-electron chi connectivity index (χ3n) is 5.38. The first-order valence-corrected chi connectivity index (χ1v) is 8.93. The van der Waals surface area contributed by atoms with Gasteiger partial charge in [-0.1, -0.05) is 6.92 Å². The Morgan fingerprint density at radius 3 is 2.39 bits per heavy atom. The molecule has 0 aliphatic carbocycles. The Balaban J connectivity index is 1.56. The molecule has 1 aromatic carbocycles. The summed E-state index contributed by atoms with van der Waals surface area (Å²) in [5.74, 6) is 0.175. The van der Waals surface area contributed by atoms with Gasteiger partial charge in [0.1, 0.15) is 0 Å². The lowest BCUT2D eigenvalue weighted by atomic mass is 9.72. The number of ether oxygens (including phenoxy) is 1. The number of hydrogen-bond donors (Lipinski definition) is 1. The second-order valence-corrected chi connectivity index (χ2v) is 6.91. The molecule has 1 spiro atoms. The molecule has 1 aromatic rings. The summed E-state index contributed by atoms with van der Waals surface area (Å²) in [6.07, 6.45) is 5.66. The van der Waals surface area contributed by atoms with Crippen molar-refractivity contribution in [1.29, 1.82) is 0 Å². The summed E-state index contributed by atoms with van der Waals surface area (Å²) in [5.41, 5.74) is 2.32. The molecule has 2 aliphatic rings. The van der Waals surface area contributed by atoms with Crippen LogP contribution in [0, 0.1) is 5.41 Å². The van der Waals surface area contributed by atoms with E-state index in [-0.39, 0.29) is 5.91 Å². The summed E-state index contributed by atoms with van der Waals surface area (Å²) in [4.78, 5) is 14.7. The predicted octanol–water partition coefficient (Wildman–Crippen LogP) is 3.54. The maximum atomic E-state index is 12.7. The third-order valence-corrected chi connectivity index (χ3v) is 5.38. The summed E-state index contributed by atoms with van der Waals surface area (Å²) in [6, 6.07) is 7.90. The molecule has 4 nitrogen and oxygen atoms in total. The van der Waals surface area contributed by atoms with Crippen molar-refractivity contribution in [2.75, 3.05) is 38.2 Å². The highest BCUT2D eigenvalue weighted by molar-refractivity contribution is 5.94. The molecule has 1 N–H and O–H groups in total. The number of amides is 1. The van der Waals surface area contributed by atoms with Gasteiger partial charge in [0.15, 0.2) is 0 Å². The molecule has 0 bridgehead atoms. The average Bonchev–Trinajstić information content (AvgIpc) is 2.61. The molecular formula is C19H28N2O2. The van der Waals surface area contributed by atoms with Gasteiger partial charge in [-0.2, -0.15) is 0 Å². The van der Waals surface area contributed by atoms with E-state index in [0.717, 1.165) is 76.2 Å². The fourth-order valence-corrected chi connectivity index (χ4v) is 3.67. The second kappa shape index (κ2) is 7.35. The molecule has 2 fully saturated rings. The lowest BCUT2D eigenvalue weighted by Gasteiger charge is -2.44. The van der Waals surface area contributed by atoms with Crippen molar-refractivity contribution in [1.82, 2.24) is 4.90 Å². The molecule has 126 valence electrons. The van der Waals surface area contributed by atoms with Gasteiger partial charge in [0.2, 0.25) is 0 Å². The van der Waals surface area contributed by atoms with Gasteiger partial charge in [-0.05, 0) is 61.8 Å². The van der Waals surface area contributed by atoms with Crippen molar-refractivity contribution in [3.05, 3.63) is 29.8 Å².